The highest BCUT2D eigenvalue weighted by Crippen LogP contribution is 2.31. The molecule has 9 nitrogen and oxygen atoms in total. The zero-order chi connectivity index (χ0) is 27.5. The maximum Gasteiger partial charge on any atom is 0.330 e. The number of para-hydroxylation sites is 1. The molecule has 0 saturated heterocycles. The Labute approximate surface area is 230 Å². The zero-order valence-electron chi connectivity index (χ0n) is 21.1. The van der Waals surface area contributed by atoms with Crippen LogP contribution >= 0.6 is 11.6 Å². The molecule has 1 aliphatic rings. The molecular formula is C29H26ClN5O4. The summed E-state index contributed by atoms with van der Waals surface area (Å²) in [6.07, 6.45) is 3.44. The lowest BCUT2D eigenvalue weighted by Crippen LogP contribution is -2.49. The van der Waals surface area contributed by atoms with E-state index in [4.69, 9.17) is 11.6 Å². The lowest BCUT2D eigenvalue weighted by atomic mass is 10.1. The Morgan fingerprint density at radius 3 is 2.46 bits per heavy atom. The third-order valence-electron chi connectivity index (χ3n) is 6.71. The van der Waals surface area contributed by atoms with E-state index >= 15 is 0 Å². The van der Waals surface area contributed by atoms with E-state index < -0.39 is 24.1 Å². The van der Waals surface area contributed by atoms with E-state index in [1.165, 1.54) is 0 Å². The number of carboxylic acids is 1. The quantitative estimate of drug-likeness (QED) is 0.372. The molecule has 0 fully saturated rings. The van der Waals surface area contributed by atoms with Crippen LogP contribution in [0.1, 0.15) is 34.5 Å². The fraction of sp³-hybridized carbons (Fsp3) is 0.172. The summed E-state index contributed by atoms with van der Waals surface area (Å²) >= 11 is 6.57. The van der Waals surface area contributed by atoms with Crippen LogP contribution < -0.4 is 10.2 Å². The molecule has 0 bridgehead atoms. The van der Waals surface area contributed by atoms with Gasteiger partial charge in [-0.05, 0) is 48.4 Å². The van der Waals surface area contributed by atoms with Gasteiger partial charge in [0.1, 0.15) is 0 Å². The molecule has 3 aromatic carbocycles. The van der Waals surface area contributed by atoms with Crippen molar-refractivity contribution < 1.29 is 19.5 Å². The minimum Gasteiger partial charge on any atom is -0.479 e. The molecule has 10 heteroatoms. The Hall–Kier alpha value is -4.63. The van der Waals surface area contributed by atoms with Crippen LogP contribution in [0.15, 0.2) is 91.3 Å². The fourth-order valence-corrected chi connectivity index (χ4v) is 4.95. The summed E-state index contributed by atoms with van der Waals surface area (Å²) in [5.74, 6) is -1.47. The molecule has 0 aliphatic carbocycles. The Morgan fingerprint density at radius 2 is 1.77 bits per heavy atom. The normalized spacial score (nSPS) is 15.7. The molecule has 4 aromatic rings. The van der Waals surface area contributed by atoms with Gasteiger partial charge in [0, 0.05) is 37.2 Å². The van der Waals surface area contributed by atoms with Crippen molar-refractivity contribution in [2.45, 2.75) is 25.6 Å². The van der Waals surface area contributed by atoms with E-state index in [0.717, 1.165) is 11.3 Å². The highest BCUT2D eigenvalue weighted by Gasteiger charge is 2.34. The number of urea groups is 1. The van der Waals surface area contributed by atoms with Crippen molar-refractivity contribution in [3.8, 4) is 5.69 Å². The molecular weight excluding hydrogens is 518 g/mol. The number of carbonyl (C=O) groups is 3. The summed E-state index contributed by atoms with van der Waals surface area (Å²) in [5, 5.41) is 16.9. The van der Waals surface area contributed by atoms with Gasteiger partial charge < -0.3 is 20.2 Å². The van der Waals surface area contributed by atoms with Gasteiger partial charge >= 0.3 is 12.0 Å². The van der Waals surface area contributed by atoms with Crippen LogP contribution in [0.2, 0.25) is 5.02 Å². The van der Waals surface area contributed by atoms with Crippen LogP contribution in [0.4, 0.5) is 10.5 Å². The van der Waals surface area contributed by atoms with Gasteiger partial charge in [-0.3, -0.25) is 4.79 Å². The Balaban J connectivity index is 1.42. The Kier molecular flexibility index (Phi) is 7.33. The highest BCUT2D eigenvalue weighted by molar-refractivity contribution is 6.34. The van der Waals surface area contributed by atoms with Crippen LogP contribution in [0.5, 0.6) is 0 Å². The number of nitrogens with one attached hydrogen (secondary N) is 1. The third kappa shape index (κ3) is 5.35. The summed E-state index contributed by atoms with van der Waals surface area (Å²) in [6.45, 7) is 2.20. The van der Waals surface area contributed by atoms with Gasteiger partial charge in [0.05, 0.1) is 16.3 Å². The zero-order valence-corrected chi connectivity index (χ0v) is 21.8. The number of hydrogen-bond donors (Lipinski definition) is 2. The molecule has 198 valence electrons. The van der Waals surface area contributed by atoms with Crippen LogP contribution in [0, 0.1) is 0 Å². The fourth-order valence-electron chi connectivity index (χ4n) is 4.70. The highest BCUT2D eigenvalue weighted by atomic mass is 35.5. The molecule has 0 saturated carbocycles. The smallest absolute Gasteiger partial charge is 0.330 e. The van der Waals surface area contributed by atoms with Crippen LogP contribution in [0.25, 0.3) is 5.69 Å². The number of rotatable bonds is 5. The topological polar surface area (TPSA) is 108 Å². The first-order valence-electron chi connectivity index (χ1n) is 12.4. The number of aromatic nitrogens is 2. The van der Waals surface area contributed by atoms with Gasteiger partial charge in [-0.15, -0.1) is 0 Å². The van der Waals surface area contributed by atoms with Gasteiger partial charge in [-0.25, -0.2) is 14.3 Å². The number of anilines is 1. The first kappa shape index (κ1) is 26.0. The molecule has 3 amide bonds. The van der Waals surface area contributed by atoms with Gasteiger partial charge in [0.2, 0.25) is 0 Å². The Bertz CT molecular complexity index is 1510. The Morgan fingerprint density at radius 1 is 1.03 bits per heavy atom. The second-order valence-electron chi connectivity index (χ2n) is 9.27. The molecule has 2 atom stereocenters. The first-order chi connectivity index (χ1) is 18.8. The predicted molar refractivity (Wildman–Crippen MR) is 147 cm³/mol. The predicted octanol–water partition coefficient (Wildman–Crippen LogP) is 4.91. The number of nitrogens with zero attached hydrogens (tertiary/aromatic N) is 4. The number of carbonyl (C=O) groups excluding carboxylic acids is 2. The number of hydrogen-bond acceptors (Lipinski definition) is 4. The first-order valence-corrected chi connectivity index (χ1v) is 12.8. The monoisotopic (exact) mass is 543 g/mol. The largest absolute Gasteiger partial charge is 0.479 e. The van der Waals surface area contributed by atoms with Crippen molar-refractivity contribution in [3.05, 3.63) is 113 Å². The van der Waals surface area contributed by atoms with Crippen LogP contribution in [0.3, 0.4) is 0 Å². The summed E-state index contributed by atoms with van der Waals surface area (Å²) in [4.78, 5) is 42.4. The molecule has 2 heterocycles. The number of carboxylic acid groups (broad SMARTS) is 1. The average molecular weight is 544 g/mol. The van der Waals surface area contributed by atoms with Gasteiger partial charge in [0.25, 0.3) is 5.91 Å². The molecule has 2 N–H and O–H groups in total. The minimum absolute atomic E-state index is 0.184. The van der Waals surface area contributed by atoms with Crippen molar-refractivity contribution in [1.29, 1.82) is 0 Å². The summed E-state index contributed by atoms with van der Waals surface area (Å²) in [7, 11) is 0. The van der Waals surface area contributed by atoms with Crippen molar-refractivity contribution in [3.63, 3.8) is 0 Å². The lowest BCUT2D eigenvalue weighted by molar-refractivity contribution is -0.139. The second-order valence-corrected chi connectivity index (χ2v) is 9.67. The number of aliphatic carboxylic acids is 1. The summed E-state index contributed by atoms with van der Waals surface area (Å²) in [6, 6.07) is 20.6. The van der Waals surface area contributed by atoms with E-state index in [1.807, 2.05) is 31.2 Å². The molecule has 0 radical (unpaired) electrons. The number of benzene rings is 3. The minimum atomic E-state index is -1.21. The molecule has 5 rings (SSSR count). The van der Waals surface area contributed by atoms with Crippen LogP contribution in [-0.2, 0) is 11.3 Å². The molecule has 0 unspecified atom stereocenters. The molecule has 1 aliphatic heterocycles. The maximum absolute atomic E-state index is 13.8. The lowest BCUT2D eigenvalue weighted by Gasteiger charge is -2.30. The van der Waals surface area contributed by atoms with Crippen molar-refractivity contribution in [2.24, 2.45) is 0 Å². The SMILES string of the molecule is C[C@@H]1CN(C(=O)c2ccc(-n3cccn3)cc2Cl)c2ccccc2CN1C(=O)N[C@@H](C(=O)O)c1ccccc1. The van der Waals surface area contributed by atoms with Gasteiger partial charge in [0.15, 0.2) is 6.04 Å². The third-order valence-corrected chi connectivity index (χ3v) is 7.02. The van der Waals surface area contributed by atoms with Crippen LogP contribution in [-0.4, -0.2) is 50.3 Å². The maximum atomic E-state index is 13.8. The summed E-state index contributed by atoms with van der Waals surface area (Å²) in [5.41, 5.74) is 2.92. The number of fused-ring (bicyclic) bond motifs is 1. The molecule has 1 aromatic heterocycles. The van der Waals surface area contributed by atoms with E-state index in [9.17, 15) is 19.5 Å². The van der Waals surface area contributed by atoms with E-state index in [-0.39, 0.29) is 24.0 Å². The van der Waals surface area contributed by atoms with Crippen molar-refractivity contribution >= 4 is 35.2 Å². The second kappa shape index (κ2) is 11.0. The summed E-state index contributed by atoms with van der Waals surface area (Å²) < 4.78 is 1.65. The van der Waals surface area contributed by atoms with E-state index in [2.05, 4.69) is 10.4 Å². The van der Waals surface area contributed by atoms with E-state index in [1.54, 1.807) is 81.5 Å². The van der Waals surface area contributed by atoms with Crippen molar-refractivity contribution in [2.75, 3.05) is 11.4 Å². The van der Waals surface area contributed by atoms with Crippen molar-refractivity contribution in [1.82, 2.24) is 20.0 Å². The van der Waals surface area contributed by atoms with Gasteiger partial charge in [-0.1, -0.05) is 60.1 Å². The number of amides is 3. The van der Waals surface area contributed by atoms with Gasteiger partial charge in [-0.2, -0.15) is 5.10 Å². The standard InChI is InChI=1S/C29H26ClN5O4/c1-19-17-34(27(36)23-13-12-22(16-24(23)30)35-15-7-14-31-35)25-11-6-5-10-21(25)18-33(19)29(39)32-26(28(37)38)20-8-3-2-4-9-20/h2-16,19,26H,17-18H2,1H3,(H,32,39)(H,37,38)/t19-,26-/m1/s1. The molecule has 39 heavy (non-hydrogen) atoms. The molecule has 0 spiro atoms. The number of halogens is 1. The van der Waals surface area contributed by atoms with E-state index in [0.29, 0.717) is 16.8 Å². The average Bonchev–Trinajstić information content (AvgIpc) is 3.43.